The molecule has 76 valence electrons. The van der Waals surface area contributed by atoms with E-state index in [1.165, 1.54) is 26.2 Å². The number of carbonyl (C=O) groups is 1. The van der Waals surface area contributed by atoms with Gasteiger partial charge in [0.05, 0.1) is 0 Å². The van der Waals surface area contributed by atoms with Crippen LogP contribution in [-0.2, 0) is 9.53 Å². The van der Waals surface area contributed by atoms with Crippen LogP contribution in [0.25, 0.3) is 0 Å². The van der Waals surface area contributed by atoms with Crippen molar-refractivity contribution in [2.45, 2.75) is 39.2 Å². The highest BCUT2D eigenvalue weighted by molar-refractivity contribution is 5.66. The first-order chi connectivity index (χ1) is 6.18. The Labute approximate surface area is 80.1 Å². The number of piperidine rings is 1. The molecule has 3 heteroatoms. The van der Waals surface area contributed by atoms with E-state index in [-0.39, 0.29) is 12.1 Å². The second-order valence-corrected chi connectivity index (χ2v) is 3.78. The zero-order valence-electron chi connectivity index (χ0n) is 8.58. The van der Waals surface area contributed by atoms with E-state index in [1.807, 2.05) is 6.92 Å². The van der Waals surface area contributed by atoms with Crippen LogP contribution in [0, 0.1) is 0 Å². The molecule has 13 heavy (non-hydrogen) atoms. The Morgan fingerprint density at radius 3 is 2.54 bits per heavy atom. The number of esters is 1. The molecule has 1 heterocycles. The minimum absolute atomic E-state index is 0.0376. The van der Waals surface area contributed by atoms with Crippen molar-refractivity contribution in [3.63, 3.8) is 0 Å². The summed E-state index contributed by atoms with van der Waals surface area (Å²) in [5, 5.41) is 0. The molecule has 1 atom stereocenters. The van der Waals surface area contributed by atoms with Gasteiger partial charge in [-0.25, -0.2) is 0 Å². The van der Waals surface area contributed by atoms with Gasteiger partial charge < -0.3 is 4.74 Å². The molecular weight excluding hydrogens is 166 g/mol. The molecule has 0 saturated carbocycles. The van der Waals surface area contributed by atoms with Gasteiger partial charge >= 0.3 is 5.97 Å². The number of nitrogens with zero attached hydrogens (tertiary/aromatic N) is 1. The smallest absolute Gasteiger partial charge is 0.302 e. The topological polar surface area (TPSA) is 29.5 Å². The molecule has 1 rings (SSSR count). The van der Waals surface area contributed by atoms with Gasteiger partial charge in [0, 0.05) is 13.5 Å². The Kier molecular flexibility index (Phi) is 4.22. The summed E-state index contributed by atoms with van der Waals surface area (Å²) in [6, 6.07) is 0. The third-order valence-electron chi connectivity index (χ3n) is 2.33. The van der Waals surface area contributed by atoms with E-state index in [4.69, 9.17) is 4.74 Å². The lowest BCUT2D eigenvalue weighted by molar-refractivity contribution is -0.146. The minimum atomic E-state index is -0.176. The molecule has 1 unspecified atom stereocenters. The number of likely N-dealkylation sites (tertiary alicyclic amines) is 1. The molecule has 1 aliphatic heterocycles. The van der Waals surface area contributed by atoms with Gasteiger partial charge in [0.15, 0.2) is 0 Å². The van der Waals surface area contributed by atoms with Gasteiger partial charge in [0.1, 0.15) is 6.10 Å². The quantitative estimate of drug-likeness (QED) is 0.623. The van der Waals surface area contributed by atoms with Crippen molar-refractivity contribution in [3.05, 3.63) is 0 Å². The third-order valence-corrected chi connectivity index (χ3v) is 2.33. The molecular formula is C10H19NO2. The van der Waals surface area contributed by atoms with Crippen LogP contribution in [0.15, 0.2) is 0 Å². The van der Waals surface area contributed by atoms with E-state index >= 15 is 0 Å². The van der Waals surface area contributed by atoms with Crippen molar-refractivity contribution >= 4 is 5.97 Å². The van der Waals surface area contributed by atoms with E-state index in [2.05, 4.69) is 4.90 Å². The predicted octanol–water partition coefficient (Wildman–Crippen LogP) is 1.42. The standard InChI is InChI=1S/C10H19NO2/c1-9(13-10(2)12)8-11-6-4-3-5-7-11/h9H,3-8H2,1-2H3. The summed E-state index contributed by atoms with van der Waals surface area (Å²) in [6.45, 7) is 6.62. The maximum absolute atomic E-state index is 10.7. The molecule has 0 aliphatic carbocycles. The fraction of sp³-hybridized carbons (Fsp3) is 0.900. The van der Waals surface area contributed by atoms with Gasteiger partial charge in [-0.05, 0) is 32.9 Å². The summed E-state index contributed by atoms with van der Waals surface area (Å²) >= 11 is 0. The van der Waals surface area contributed by atoms with Crippen LogP contribution >= 0.6 is 0 Å². The first-order valence-corrected chi connectivity index (χ1v) is 5.08. The highest BCUT2D eigenvalue weighted by Crippen LogP contribution is 2.09. The molecule has 0 N–H and O–H groups in total. The van der Waals surface area contributed by atoms with E-state index in [1.54, 1.807) is 0 Å². The van der Waals surface area contributed by atoms with Crippen LogP contribution < -0.4 is 0 Å². The Hall–Kier alpha value is -0.570. The lowest BCUT2D eigenvalue weighted by atomic mass is 10.1. The van der Waals surface area contributed by atoms with Crippen molar-refractivity contribution < 1.29 is 9.53 Å². The van der Waals surface area contributed by atoms with Gasteiger partial charge in [-0.3, -0.25) is 9.69 Å². The first-order valence-electron chi connectivity index (χ1n) is 5.08. The van der Waals surface area contributed by atoms with Crippen LogP contribution in [0.2, 0.25) is 0 Å². The van der Waals surface area contributed by atoms with E-state index in [0.29, 0.717) is 0 Å². The van der Waals surface area contributed by atoms with E-state index < -0.39 is 0 Å². The molecule has 1 fully saturated rings. The lowest BCUT2D eigenvalue weighted by Gasteiger charge is -2.28. The Morgan fingerprint density at radius 1 is 1.38 bits per heavy atom. The molecule has 0 aromatic carbocycles. The molecule has 3 nitrogen and oxygen atoms in total. The fourth-order valence-corrected chi connectivity index (χ4v) is 1.83. The molecule has 0 aromatic heterocycles. The Bertz CT molecular complexity index is 164. The second kappa shape index (κ2) is 5.22. The molecule has 0 spiro atoms. The summed E-state index contributed by atoms with van der Waals surface area (Å²) in [6.07, 6.45) is 3.95. The molecule has 1 saturated heterocycles. The van der Waals surface area contributed by atoms with Gasteiger partial charge in [-0.1, -0.05) is 6.42 Å². The van der Waals surface area contributed by atoms with Gasteiger partial charge in [0.25, 0.3) is 0 Å². The first kappa shape index (κ1) is 10.5. The summed E-state index contributed by atoms with van der Waals surface area (Å²) < 4.78 is 5.07. The Morgan fingerprint density at radius 2 is 2.00 bits per heavy atom. The van der Waals surface area contributed by atoms with E-state index in [0.717, 1.165) is 19.6 Å². The monoisotopic (exact) mass is 185 g/mol. The molecule has 0 radical (unpaired) electrons. The van der Waals surface area contributed by atoms with Crippen molar-refractivity contribution in [1.29, 1.82) is 0 Å². The number of ether oxygens (including phenoxy) is 1. The van der Waals surface area contributed by atoms with Crippen molar-refractivity contribution in [1.82, 2.24) is 4.90 Å². The van der Waals surface area contributed by atoms with Gasteiger partial charge in [-0.2, -0.15) is 0 Å². The largest absolute Gasteiger partial charge is 0.461 e. The minimum Gasteiger partial charge on any atom is -0.461 e. The Balaban J connectivity index is 2.18. The van der Waals surface area contributed by atoms with Crippen LogP contribution in [0.4, 0.5) is 0 Å². The normalized spacial score (nSPS) is 21.1. The van der Waals surface area contributed by atoms with Crippen molar-refractivity contribution in [3.8, 4) is 0 Å². The zero-order valence-corrected chi connectivity index (χ0v) is 8.58. The van der Waals surface area contributed by atoms with Crippen LogP contribution in [0.1, 0.15) is 33.1 Å². The average molecular weight is 185 g/mol. The fourth-order valence-electron chi connectivity index (χ4n) is 1.83. The average Bonchev–Trinajstić information content (AvgIpc) is 2.04. The highest BCUT2D eigenvalue weighted by Gasteiger charge is 2.14. The maximum Gasteiger partial charge on any atom is 0.302 e. The van der Waals surface area contributed by atoms with E-state index in [9.17, 15) is 4.79 Å². The highest BCUT2D eigenvalue weighted by atomic mass is 16.5. The number of carbonyl (C=O) groups excluding carboxylic acids is 1. The lowest BCUT2D eigenvalue weighted by Crippen LogP contribution is -2.36. The predicted molar refractivity (Wildman–Crippen MR) is 51.5 cm³/mol. The molecule has 0 amide bonds. The van der Waals surface area contributed by atoms with Crippen LogP contribution in [-0.4, -0.2) is 36.6 Å². The molecule has 0 bridgehead atoms. The number of rotatable bonds is 3. The third kappa shape index (κ3) is 4.27. The van der Waals surface area contributed by atoms with Gasteiger partial charge in [-0.15, -0.1) is 0 Å². The molecule has 1 aliphatic rings. The van der Waals surface area contributed by atoms with Crippen molar-refractivity contribution in [2.24, 2.45) is 0 Å². The maximum atomic E-state index is 10.7. The zero-order chi connectivity index (χ0) is 9.68. The summed E-state index contributed by atoms with van der Waals surface area (Å²) in [5.74, 6) is -0.176. The summed E-state index contributed by atoms with van der Waals surface area (Å²) in [4.78, 5) is 13.0. The summed E-state index contributed by atoms with van der Waals surface area (Å²) in [5.41, 5.74) is 0. The number of hydrogen-bond acceptors (Lipinski definition) is 3. The van der Waals surface area contributed by atoms with Crippen molar-refractivity contribution in [2.75, 3.05) is 19.6 Å². The summed E-state index contributed by atoms with van der Waals surface area (Å²) in [7, 11) is 0. The van der Waals surface area contributed by atoms with Crippen LogP contribution in [0.5, 0.6) is 0 Å². The number of hydrogen-bond donors (Lipinski definition) is 0. The van der Waals surface area contributed by atoms with Gasteiger partial charge in [0.2, 0.25) is 0 Å². The SMILES string of the molecule is CC(=O)OC(C)CN1CCCCC1. The van der Waals surface area contributed by atoms with Crippen LogP contribution in [0.3, 0.4) is 0 Å². The second-order valence-electron chi connectivity index (χ2n) is 3.78. The molecule has 0 aromatic rings.